The molecule has 2 amide bonds. The van der Waals surface area contributed by atoms with Crippen LogP contribution in [0.1, 0.15) is 15.9 Å². The Bertz CT molecular complexity index is 628. The lowest BCUT2D eigenvalue weighted by Gasteiger charge is -2.09. The summed E-state index contributed by atoms with van der Waals surface area (Å²) in [6, 6.07) is 3.97. The number of carboxylic acid groups (broad SMARTS) is 1. The van der Waals surface area contributed by atoms with Crippen LogP contribution in [0.3, 0.4) is 0 Å². The zero-order valence-corrected chi connectivity index (χ0v) is 11.8. The Hall–Kier alpha value is -2.35. The van der Waals surface area contributed by atoms with Gasteiger partial charge in [0, 0.05) is 22.8 Å². The Kier molecular flexibility index (Phi) is 4.36. The largest absolute Gasteiger partial charge is 0.478 e. The number of aromatic carboxylic acids is 1. The summed E-state index contributed by atoms with van der Waals surface area (Å²) in [6.07, 6.45) is 3.29. The highest BCUT2D eigenvalue weighted by molar-refractivity contribution is 9.10. The molecule has 20 heavy (non-hydrogen) atoms. The summed E-state index contributed by atoms with van der Waals surface area (Å²) < 4.78 is 0.496. The number of aromatic amines is 1. The number of anilines is 1. The van der Waals surface area contributed by atoms with Crippen LogP contribution in [0.5, 0.6) is 0 Å². The van der Waals surface area contributed by atoms with Crippen LogP contribution >= 0.6 is 15.9 Å². The molecule has 0 saturated heterocycles. The predicted molar refractivity (Wildman–Crippen MR) is 75.5 cm³/mol. The van der Waals surface area contributed by atoms with E-state index in [-0.39, 0.29) is 5.56 Å². The minimum Gasteiger partial charge on any atom is -0.478 e. The minimum atomic E-state index is -1.03. The number of carboxylic acids is 1. The summed E-state index contributed by atoms with van der Waals surface area (Å²) in [5, 5.41) is 20.5. The molecule has 0 aliphatic carbocycles. The molecule has 1 aromatic carbocycles. The first kappa shape index (κ1) is 14.1. The lowest BCUT2D eigenvalue weighted by molar-refractivity contribution is 0.0697. The van der Waals surface area contributed by atoms with Gasteiger partial charge in [-0.1, -0.05) is 0 Å². The summed E-state index contributed by atoms with van der Waals surface area (Å²) in [5.41, 5.74) is 1.47. The maximum atomic E-state index is 11.7. The molecule has 0 aliphatic rings. The third kappa shape index (κ3) is 3.58. The van der Waals surface area contributed by atoms with Crippen molar-refractivity contribution in [3.8, 4) is 0 Å². The van der Waals surface area contributed by atoms with Crippen LogP contribution in [0.2, 0.25) is 0 Å². The first-order chi connectivity index (χ1) is 9.56. The molecule has 8 heteroatoms. The third-order valence-corrected chi connectivity index (χ3v) is 3.13. The number of nitrogens with zero attached hydrogens (tertiary/aromatic N) is 1. The van der Waals surface area contributed by atoms with Gasteiger partial charge in [-0.15, -0.1) is 0 Å². The van der Waals surface area contributed by atoms with Crippen LogP contribution in [0.4, 0.5) is 10.5 Å². The monoisotopic (exact) mass is 338 g/mol. The molecule has 0 bridgehead atoms. The van der Waals surface area contributed by atoms with Crippen molar-refractivity contribution >= 4 is 33.6 Å². The van der Waals surface area contributed by atoms with Gasteiger partial charge >= 0.3 is 12.0 Å². The average Bonchev–Trinajstić information content (AvgIpc) is 2.91. The van der Waals surface area contributed by atoms with Crippen molar-refractivity contribution < 1.29 is 14.7 Å². The predicted octanol–water partition coefficient (Wildman–Crippen LogP) is 2.19. The molecular weight excluding hydrogens is 328 g/mol. The van der Waals surface area contributed by atoms with E-state index in [9.17, 15) is 9.59 Å². The Balaban J connectivity index is 1.95. The number of carbonyl (C=O) groups excluding carboxylic acids is 1. The first-order valence-corrected chi connectivity index (χ1v) is 6.41. The van der Waals surface area contributed by atoms with Crippen LogP contribution in [0, 0.1) is 0 Å². The standard InChI is InChI=1S/C12H11BrN4O3/c13-9-3-8(11(18)19)1-2-10(9)17-12(20)14-4-7-5-15-16-6-7/h1-3,5-6H,4H2,(H,15,16)(H,18,19)(H2,14,17,20). The lowest BCUT2D eigenvalue weighted by Crippen LogP contribution is -2.28. The van der Waals surface area contributed by atoms with E-state index in [0.29, 0.717) is 16.7 Å². The van der Waals surface area contributed by atoms with Crippen molar-refractivity contribution in [2.45, 2.75) is 6.54 Å². The molecule has 0 unspecified atom stereocenters. The molecule has 2 aromatic rings. The van der Waals surface area contributed by atoms with Crippen LogP contribution in [0.25, 0.3) is 0 Å². The van der Waals surface area contributed by atoms with E-state index < -0.39 is 12.0 Å². The van der Waals surface area contributed by atoms with Gasteiger partial charge in [0.1, 0.15) is 0 Å². The van der Waals surface area contributed by atoms with Crippen molar-refractivity contribution in [2.75, 3.05) is 5.32 Å². The number of aromatic nitrogens is 2. The lowest BCUT2D eigenvalue weighted by atomic mass is 10.2. The van der Waals surface area contributed by atoms with Gasteiger partial charge < -0.3 is 15.7 Å². The Labute approximate surface area is 122 Å². The van der Waals surface area contributed by atoms with E-state index in [0.717, 1.165) is 5.56 Å². The van der Waals surface area contributed by atoms with Crippen molar-refractivity contribution in [2.24, 2.45) is 0 Å². The van der Waals surface area contributed by atoms with Gasteiger partial charge in [0.15, 0.2) is 0 Å². The average molecular weight is 339 g/mol. The summed E-state index contributed by atoms with van der Waals surface area (Å²) >= 11 is 3.21. The number of nitrogens with one attached hydrogen (secondary N) is 3. The molecule has 0 atom stereocenters. The number of rotatable bonds is 4. The maximum absolute atomic E-state index is 11.7. The molecule has 0 aliphatic heterocycles. The van der Waals surface area contributed by atoms with Gasteiger partial charge in [-0.3, -0.25) is 5.10 Å². The fourth-order valence-electron chi connectivity index (χ4n) is 1.47. The molecule has 4 N–H and O–H groups in total. The Morgan fingerprint density at radius 2 is 2.20 bits per heavy atom. The van der Waals surface area contributed by atoms with Gasteiger partial charge in [0.05, 0.1) is 17.4 Å². The zero-order valence-electron chi connectivity index (χ0n) is 10.2. The highest BCUT2D eigenvalue weighted by Crippen LogP contribution is 2.23. The first-order valence-electron chi connectivity index (χ1n) is 5.61. The van der Waals surface area contributed by atoms with Crippen molar-refractivity contribution in [1.82, 2.24) is 15.5 Å². The second-order valence-electron chi connectivity index (χ2n) is 3.91. The van der Waals surface area contributed by atoms with E-state index in [1.807, 2.05) is 0 Å². The number of hydrogen-bond acceptors (Lipinski definition) is 3. The van der Waals surface area contributed by atoms with E-state index in [1.165, 1.54) is 18.2 Å². The molecule has 0 fully saturated rings. The second kappa shape index (κ2) is 6.20. The SMILES string of the molecule is O=C(NCc1cn[nH]c1)Nc1ccc(C(=O)O)cc1Br. The molecule has 7 nitrogen and oxygen atoms in total. The minimum absolute atomic E-state index is 0.140. The summed E-state index contributed by atoms with van der Waals surface area (Å²) in [5.74, 6) is -1.03. The van der Waals surface area contributed by atoms with Crippen molar-refractivity contribution in [3.05, 3.63) is 46.2 Å². The molecule has 0 spiro atoms. The van der Waals surface area contributed by atoms with E-state index in [1.54, 1.807) is 12.4 Å². The molecule has 0 radical (unpaired) electrons. The third-order valence-electron chi connectivity index (χ3n) is 2.47. The number of benzene rings is 1. The highest BCUT2D eigenvalue weighted by atomic mass is 79.9. The van der Waals surface area contributed by atoms with Crippen molar-refractivity contribution in [3.63, 3.8) is 0 Å². The molecule has 2 rings (SSSR count). The van der Waals surface area contributed by atoms with E-state index in [2.05, 4.69) is 36.8 Å². The Morgan fingerprint density at radius 3 is 2.80 bits per heavy atom. The van der Waals surface area contributed by atoms with Gasteiger partial charge in [-0.05, 0) is 34.1 Å². The van der Waals surface area contributed by atoms with Crippen molar-refractivity contribution in [1.29, 1.82) is 0 Å². The maximum Gasteiger partial charge on any atom is 0.335 e. The van der Waals surface area contributed by atoms with Gasteiger partial charge in [-0.25, -0.2) is 9.59 Å². The summed E-state index contributed by atoms with van der Waals surface area (Å²) in [6.45, 7) is 0.340. The quantitative estimate of drug-likeness (QED) is 0.685. The normalized spacial score (nSPS) is 10.1. The zero-order chi connectivity index (χ0) is 14.5. The van der Waals surface area contributed by atoms with Crippen LogP contribution in [0.15, 0.2) is 35.1 Å². The topological polar surface area (TPSA) is 107 Å². The molecule has 0 saturated carbocycles. The van der Waals surface area contributed by atoms with E-state index >= 15 is 0 Å². The highest BCUT2D eigenvalue weighted by Gasteiger charge is 2.09. The fourth-order valence-corrected chi connectivity index (χ4v) is 1.95. The van der Waals surface area contributed by atoms with Crippen LogP contribution < -0.4 is 10.6 Å². The number of H-pyrrole nitrogens is 1. The van der Waals surface area contributed by atoms with Gasteiger partial charge in [0.2, 0.25) is 0 Å². The van der Waals surface area contributed by atoms with Crippen LogP contribution in [-0.2, 0) is 6.54 Å². The molecule has 104 valence electrons. The smallest absolute Gasteiger partial charge is 0.335 e. The second-order valence-corrected chi connectivity index (χ2v) is 4.77. The summed E-state index contributed by atoms with van der Waals surface area (Å²) in [4.78, 5) is 22.5. The van der Waals surface area contributed by atoms with E-state index in [4.69, 9.17) is 5.11 Å². The summed E-state index contributed by atoms with van der Waals surface area (Å²) in [7, 11) is 0. The van der Waals surface area contributed by atoms with Gasteiger partial charge in [-0.2, -0.15) is 5.10 Å². The molecule has 1 aromatic heterocycles. The van der Waals surface area contributed by atoms with Crippen LogP contribution in [-0.4, -0.2) is 27.3 Å². The fraction of sp³-hybridized carbons (Fsp3) is 0.0833. The number of urea groups is 1. The molecular formula is C12H11BrN4O3. The number of carbonyl (C=O) groups is 2. The number of hydrogen-bond donors (Lipinski definition) is 4. The Morgan fingerprint density at radius 1 is 1.40 bits per heavy atom. The van der Waals surface area contributed by atoms with Gasteiger partial charge in [0.25, 0.3) is 0 Å². The molecule has 1 heterocycles. The number of halogens is 1. The number of amides is 2.